The first-order chi connectivity index (χ1) is 7.18. The van der Waals surface area contributed by atoms with Gasteiger partial charge in [0.05, 0.1) is 4.34 Å². The second-order valence-corrected chi connectivity index (χ2v) is 8.02. The van der Waals surface area contributed by atoms with E-state index in [1.165, 1.54) is 6.07 Å². The van der Waals surface area contributed by atoms with Gasteiger partial charge in [-0.05, 0) is 19.9 Å². The number of hydrogen-bond donors (Lipinski definition) is 1. The van der Waals surface area contributed by atoms with Crippen molar-refractivity contribution in [1.82, 2.24) is 4.72 Å². The van der Waals surface area contributed by atoms with Gasteiger partial charge in [0.25, 0.3) is 0 Å². The van der Waals surface area contributed by atoms with Crippen LogP contribution in [0.3, 0.4) is 0 Å². The number of thiophene rings is 1. The lowest BCUT2D eigenvalue weighted by Crippen LogP contribution is -2.44. The van der Waals surface area contributed by atoms with Crippen LogP contribution in [0.25, 0.3) is 0 Å². The van der Waals surface area contributed by atoms with E-state index in [2.05, 4.69) is 4.72 Å². The molecule has 0 aliphatic rings. The van der Waals surface area contributed by atoms with Crippen LogP contribution in [0.5, 0.6) is 0 Å². The number of nitrogens with one attached hydrogen (secondary N) is 1. The van der Waals surface area contributed by atoms with Gasteiger partial charge in [0.2, 0.25) is 10.0 Å². The molecule has 0 aromatic carbocycles. The molecule has 0 unspecified atom stereocenters. The summed E-state index contributed by atoms with van der Waals surface area (Å²) in [6.07, 6.45) is 0. The van der Waals surface area contributed by atoms with Crippen LogP contribution in [0.2, 0.25) is 8.67 Å². The molecule has 1 rings (SSSR count). The molecule has 0 amide bonds. The fraction of sp³-hybridized carbons (Fsp3) is 0.500. The predicted octanol–water partition coefficient (Wildman–Crippen LogP) is 3.35. The molecule has 92 valence electrons. The quantitative estimate of drug-likeness (QED) is 0.864. The maximum absolute atomic E-state index is 11.9. The van der Waals surface area contributed by atoms with Crippen molar-refractivity contribution in [1.29, 1.82) is 0 Å². The molecule has 0 aliphatic carbocycles. The molecular formula is C8H10Cl3NO2S2. The van der Waals surface area contributed by atoms with Gasteiger partial charge >= 0.3 is 0 Å². The summed E-state index contributed by atoms with van der Waals surface area (Å²) in [4.78, 5) is -0.0117. The highest BCUT2D eigenvalue weighted by Crippen LogP contribution is 2.34. The van der Waals surface area contributed by atoms with E-state index in [4.69, 9.17) is 34.8 Å². The van der Waals surface area contributed by atoms with Crippen molar-refractivity contribution in [3.63, 3.8) is 0 Å². The van der Waals surface area contributed by atoms with Crippen molar-refractivity contribution < 1.29 is 8.42 Å². The number of rotatable bonds is 4. The molecule has 1 aromatic rings. The van der Waals surface area contributed by atoms with Crippen molar-refractivity contribution in [2.45, 2.75) is 24.3 Å². The Morgan fingerprint density at radius 1 is 1.44 bits per heavy atom. The minimum atomic E-state index is -3.68. The van der Waals surface area contributed by atoms with Crippen LogP contribution in [0.1, 0.15) is 13.8 Å². The topological polar surface area (TPSA) is 46.2 Å². The van der Waals surface area contributed by atoms with E-state index < -0.39 is 15.6 Å². The maximum Gasteiger partial charge on any atom is 0.243 e. The van der Waals surface area contributed by atoms with E-state index in [0.29, 0.717) is 4.34 Å². The second kappa shape index (κ2) is 5.00. The first-order valence-electron chi connectivity index (χ1n) is 4.23. The van der Waals surface area contributed by atoms with Crippen LogP contribution in [-0.2, 0) is 10.0 Å². The summed E-state index contributed by atoms with van der Waals surface area (Å²) in [6, 6.07) is 1.32. The van der Waals surface area contributed by atoms with E-state index >= 15 is 0 Å². The molecule has 3 nitrogen and oxygen atoms in total. The van der Waals surface area contributed by atoms with Gasteiger partial charge in [0.1, 0.15) is 9.23 Å². The van der Waals surface area contributed by atoms with E-state index in [1.54, 1.807) is 13.8 Å². The predicted molar refractivity (Wildman–Crippen MR) is 69.5 cm³/mol. The molecular weight excluding hydrogens is 313 g/mol. The average molecular weight is 323 g/mol. The first-order valence-corrected chi connectivity index (χ1v) is 7.82. The van der Waals surface area contributed by atoms with Gasteiger partial charge in [-0.15, -0.1) is 22.9 Å². The van der Waals surface area contributed by atoms with Crippen LogP contribution in [0.15, 0.2) is 11.0 Å². The summed E-state index contributed by atoms with van der Waals surface area (Å²) in [5.74, 6) is 0.154. The summed E-state index contributed by atoms with van der Waals surface area (Å²) >= 11 is 18.1. The van der Waals surface area contributed by atoms with Crippen LogP contribution < -0.4 is 4.72 Å². The van der Waals surface area contributed by atoms with Crippen molar-refractivity contribution in [2.24, 2.45) is 0 Å². The fourth-order valence-corrected chi connectivity index (χ4v) is 4.66. The summed E-state index contributed by atoms with van der Waals surface area (Å²) < 4.78 is 26.8. The standard InChI is InChI=1S/C8H10Cl3NO2S2/c1-8(2,4-9)12-16(13,14)5-3-6(10)15-7(5)11/h3,12H,4H2,1-2H3. The summed E-state index contributed by atoms with van der Waals surface area (Å²) in [5.41, 5.74) is -0.738. The van der Waals surface area contributed by atoms with E-state index in [9.17, 15) is 8.42 Å². The van der Waals surface area contributed by atoms with E-state index in [0.717, 1.165) is 11.3 Å². The van der Waals surface area contributed by atoms with Crippen LogP contribution in [-0.4, -0.2) is 19.8 Å². The molecule has 0 aliphatic heterocycles. The molecule has 1 aromatic heterocycles. The van der Waals surface area contributed by atoms with Gasteiger partial charge in [0, 0.05) is 11.4 Å². The molecule has 16 heavy (non-hydrogen) atoms. The molecule has 0 bridgehead atoms. The zero-order chi connectivity index (χ0) is 12.6. The molecule has 8 heteroatoms. The van der Waals surface area contributed by atoms with E-state index in [-0.39, 0.29) is 15.1 Å². The molecule has 0 atom stereocenters. The third-order valence-electron chi connectivity index (χ3n) is 1.66. The van der Waals surface area contributed by atoms with Gasteiger partial charge in [-0.25, -0.2) is 13.1 Å². The van der Waals surface area contributed by atoms with Crippen molar-refractivity contribution in [3.8, 4) is 0 Å². The zero-order valence-electron chi connectivity index (χ0n) is 8.55. The normalized spacial score (nSPS) is 13.1. The lowest BCUT2D eigenvalue weighted by Gasteiger charge is -2.22. The van der Waals surface area contributed by atoms with Crippen LogP contribution in [0, 0.1) is 0 Å². The van der Waals surface area contributed by atoms with Gasteiger partial charge in [0.15, 0.2) is 0 Å². The Morgan fingerprint density at radius 2 is 2.00 bits per heavy atom. The number of halogens is 3. The Hall–Kier alpha value is 0.480. The Bertz CT molecular complexity index is 481. The highest BCUT2D eigenvalue weighted by atomic mass is 35.5. The highest BCUT2D eigenvalue weighted by Gasteiger charge is 2.28. The SMILES string of the molecule is CC(C)(CCl)NS(=O)(=O)c1cc(Cl)sc1Cl. The summed E-state index contributed by atoms with van der Waals surface area (Å²) in [5, 5.41) is 0. The Kier molecular flexibility index (Phi) is 4.54. The van der Waals surface area contributed by atoms with Crippen molar-refractivity contribution in [2.75, 3.05) is 5.88 Å². The monoisotopic (exact) mass is 321 g/mol. The molecule has 1 heterocycles. The minimum absolute atomic E-state index is 0.0117. The van der Waals surface area contributed by atoms with Crippen molar-refractivity contribution in [3.05, 3.63) is 14.7 Å². The van der Waals surface area contributed by atoms with Gasteiger partial charge in [-0.1, -0.05) is 23.2 Å². The first kappa shape index (κ1) is 14.5. The number of hydrogen-bond acceptors (Lipinski definition) is 3. The largest absolute Gasteiger partial charge is 0.243 e. The lowest BCUT2D eigenvalue weighted by atomic mass is 10.1. The third-order valence-corrected chi connectivity index (χ3v) is 5.78. The van der Waals surface area contributed by atoms with Gasteiger partial charge < -0.3 is 0 Å². The highest BCUT2D eigenvalue weighted by molar-refractivity contribution is 7.89. The number of alkyl halides is 1. The van der Waals surface area contributed by atoms with Gasteiger partial charge in [-0.3, -0.25) is 0 Å². The van der Waals surface area contributed by atoms with Crippen LogP contribution >= 0.6 is 46.1 Å². The molecule has 0 radical (unpaired) electrons. The summed E-state index contributed by atoms with van der Waals surface area (Å²) in [7, 11) is -3.68. The average Bonchev–Trinajstić information content (AvgIpc) is 2.44. The number of sulfonamides is 1. The Morgan fingerprint density at radius 3 is 2.38 bits per heavy atom. The van der Waals surface area contributed by atoms with E-state index in [1.807, 2.05) is 0 Å². The lowest BCUT2D eigenvalue weighted by molar-refractivity contribution is 0.496. The fourth-order valence-electron chi connectivity index (χ4n) is 0.954. The van der Waals surface area contributed by atoms with Crippen LogP contribution in [0.4, 0.5) is 0 Å². The van der Waals surface area contributed by atoms with Crippen molar-refractivity contribution >= 4 is 56.2 Å². The smallest absolute Gasteiger partial charge is 0.207 e. The summed E-state index contributed by atoms with van der Waals surface area (Å²) in [6.45, 7) is 3.36. The zero-order valence-corrected chi connectivity index (χ0v) is 12.5. The Labute approximate surface area is 114 Å². The second-order valence-electron chi connectivity index (χ2n) is 3.81. The molecule has 1 N–H and O–H groups in total. The maximum atomic E-state index is 11.9. The molecule has 0 saturated heterocycles. The van der Waals surface area contributed by atoms with Gasteiger partial charge in [-0.2, -0.15) is 0 Å². The molecule has 0 spiro atoms. The third kappa shape index (κ3) is 3.48. The minimum Gasteiger partial charge on any atom is -0.207 e. The molecule has 0 fully saturated rings. The Balaban J connectivity index is 3.09. The molecule has 0 saturated carbocycles.